The van der Waals surface area contributed by atoms with Crippen LogP contribution in [0.15, 0.2) is 54.6 Å². The van der Waals surface area contributed by atoms with Crippen molar-refractivity contribution in [2.45, 2.75) is 77.5 Å². The second kappa shape index (κ2) is 13.0. The van der Waals surface area contributed by atoms with E-state index in [1.807, 2.05) is 30.3 Å². The molecular weight excluding hydrogens is 472 g/mol. The minimum Gasteiger partial charge on any atom is -0.461 e. The quantitative estimate of drug-likeness (QED) is 0.346. The molecule has 2 aromatic rings. The van der Waals surface area contributed by atoms with Gasteiger partial charge in [0.2, 0.25) is 5.91 Å². The summed E-state index contributed by atoms with van der Waals surface area (Å²) in [7, 11) is 0. The first-order valence-electron chi connectivity index (χ1n) is 12.8. The van der Waals surface area contributed by atoms with Crippen LogP contribution in [0.1, 0.15) is 75.2 Å². The van der Waals surface area contributed by atoms with Crippen molar-refractivity contribution in [2.75, 3.05) is 5.32 Å². The summed E-state index contributed by atoms with van der Waals surface area (Å²) >= 11 is 0. The van der Waals surface area contributed by atoms with Gasteiger partial charge >= 0.3 is 12.1 Å². The molecule has 0 heterocycles. The molecule has 0 spiro atoms. The van der Waals surface area contributed by atoms with Gasteiger partial charge in [0.1, 0.15) is 18.2 Å². The van der Waals surface area contributed by atoms with E-state index in [0.717, 1.165) is 37.7 Å². The molecule has 1 aliphatic carbocycles. The number of carbonyl (C=O) groups excluding carboxylic acids is 4. The highest BCUT2D eigenvalue weighted by atomic mass is 16.6. The predicted molar refractivity (Wildman–Crippen MR) is 140 cm³/mol. The zero-order chi connectivity index (χ0) is 26.8. The number of ketones is 1. The molecule has 198 valence electrons. The topological polar surface area (TPSA) is 111 Å². The molecule has 1 saturated carbocycles. The Kier molecular flexibility index (Phi) is 9.83. The van der Waals surface area contributed by atoms with Gasteiger partial charge in [0.15, 0.2) is 5.78 Å². The predicted octanol–water partition coefficient (Wildman–Crippen LogP) is 5.41. The molecule has 0 aromatic heterocycles. The first kappa shape index (κ1) is 27.9. The zero-order valence-corrected chi connectivity index (χ0v) is 21.8. The second-order valence-corrected chi connectivity index (χ2v) is 10.3. The van der Waals surface area contributed by atoms with E-state index in [2.05, 4.69) is 10.6 Å². The average molecular weight is 509 g/mol. The first-order valence-corrected chi connectivity index (χ1v) is 12.8. The maximum Gasteiger partial charge on any atom is 0.408 e. The Morgan fingerprint density at radius 1 is 0.919 bits per heavy atom. The number of benzene rings is 2. The van der Waals surface area contributed by atoms with Crippen molar-refractivity contribution in [3.05, 3.63) is 65.7 Å². The SMILES string of the molecule is CC(C)(C)OC(=O)N[C@@H](CC(=O)OCc1ccccc1)C(=O)Nc1ccccc1C(=O)C1CCCCC1. The lowest BCUT2D eigenvalue weighted by Crippen LogP contribution is -2.47. The van der Waals surface area contributed by atoms with E-state index in [1.165, 1.54) is 0 Å². The van der Waals surface area contributed by atoms with Gasteiger partial charge in [-0.1, -0.05) is 61.7 Å². The normalized spacial score (nSPS) is 14.8. The Morgan fingerprint density at radius 3 is 2.24 bits per heavy atom. The standard InChI is InChI=1S/C29H36N2O6/c1-29(2,3)37-28(35)31-24(18-25(32)36-19-20-12-6-4-7-13-20)27(34)30-23-17-11-10-16-22(23)26(33)21-14-8-5-9-15-21/h4,6-7,10-13,16-17,21,24H,5,8-9,14-15,18-19H2,1-3H3,(H,30,34)(H,31,35)/t24-/m0/s1. The number of nitrogens with one attached hydrogen (secondary N) is 2. The van der Waals surface area contributed by atoms with Gasteiger partial charge in [-0.05, 0) is 51.3 Å². The monoisotopic (exact) mass is 508 g/mol. The Morgan fingerprint density at radius 2 is 1.57 bits per heavy atom. The van der Waals surface area contributed by atoms with Gasteiger partial charge in [0.05, 0.1) is 12.1 Å². The van der Waals surface area contributed by atoms with Crippen LogP contribution in [0.3, 0.4) is 0 Å². The van der Waals surface area contributed by atoms with Crippen LogP contribution in [0.2, 0.25) is 0 Å². The summed E-state index contributed by atoms with van der Waals surface area (Å²) < 4.78 is 10.6. The fourth-order valence-corrected chi connectivity index (χ4v) is 4.23. The van der Waals surface area contributed by atoms with Crippen LogP contribution in [-0.2, 0) is 25.7 Å². The van der Waals surface area contributed by atoms with Crippen LogP contribution >= 0.6 is 0 Å². The molecule has 2 aromatic carbocycles. The van der Waals surface area contributed by atoms with E-state index in [9.17, 15) is 19.2 Å². The lowest BCUT2D eigenvalue weighted by atomic mass is 9.83. The van der Waals surface area contributed by atoms with Gasteiger partial charge in [0.25, 0.3) is 0 Å². The lowest BCUT2D eigenvalue weighted by Gasteiger charge is -2.24. The first-order chi connectivity index (χ1) is 17.6. The van der Waals surface area contributed by atoms with Crippen LogP contribution in [0.25, 0.3) is 0 Å². The molecule has 2 N–H and O–H groups in total. The lowest BCUT2D eigenvalue weighted by molar-refractivity contribution is -0.146. The Balaban J connectivity index is 1.72. The summed E-state index contributed by atoms with van der Waals surface area (Å²) in [6.45, 7) is 5.13. The average Bonchev–Trinajstić information content (AvgIpc) is 2.87. The van der Waals surface area contributed by atoms with Crippen molar-refractivity contribution in [2.24, 2.45) is 5.92 Å². The molecule has 0 bridgehead atoms. The Hall–Kier alpha value is -3.68. The second-order valence-electron chi connectivity index (χ2n) is 10.3. The largest absolute Gasteiger partial charge is 0.461 e. The highest BCUT2D eigenvalue weighted by Gasteiger charge is 2.29. The Bertz CT molecular complexity index is 1090. The number of rotatable bonds is 9. The van der Waals surface area contributed by atoms with Crippen LogP contribution < -0.4 is 10.6 Å². The van der Waals surface area contributed by atoms with Crippen molar-refractivity contribution in [1.82, 2.24) is 5.32 Å². The molecule has 1 fully saturated rings. The number of anilines is 1. The number of amides is 2. The van der Waals surface area contributed by atoms with Crippen LogP contribution in [0, 0.1) is 5.92 Å². The molecular formula is C29H36N2O6. The van der Waals surface area contributed by atoms with Gasteiger partial charge in [-0.3, -0.25) is 14.4 Å². The fraction of sp³-hybridized carbons (Fsp3) is 0.448. The van der Waals surface area contributed by atoms with Gasteiger partial charge in [-0.2, -0.15) is 0 Å². The van der Waals surface area contributed by atoms with E-state index >= 15 is 0 Å². The molecule has 1 aliphatic rings. The maximum absolute atomic E-state index is 13.3. The molecule has 0 unspecified atom stereocenters. The fourth-order valence-electron chi connectivity index (χ4n) is 4.23. The number of Topliss-reactive ketones (excluding diaryl/α,β-unsaturated/α-hetero) is 1. The maximum atomic E-state index is 13.3. The van der Waals surface area contributed by atoms with Crippen LogP contribution in [0.4, 0.5) is 10.5 Å². The van der Waals surface area contributed by atoms with Gasteiger partial charge in [-0.25, -0.2) is 4.79 Å². The third kappa shape index (κ3) is 9.04. The minimum atomic E-state index is -1.27. The van der Waals surface area contributed by atoms with Crippen molar-refractivity contribution in [1.29, 1.82) is 0 Å². The summed E-state index contributed by atoms with van der Waals surface area (Å²) in [4.78, 5) is 51.5. The Labute approximate surface area is 218 Å². The van der Waals surface area contributed by atoms with E-state index in [-0.39, 0.29) is 18.3 Å². The van der Waals surface area contributed by atoms with E-state index in [1.54, 1.807) is 45.0 Å². The van der Waals surface area contributed by atoms with E-state index < -0.39 is 36.0 Å². The number of ether oxygens (including phenoxy) is 2. The zero-order valence-electron chi connectivity index (χ0n) is 21.8. The summed E-state index contributed by atoms with van der Waals surface area (Å²) in [5.74, 6) is -1.39. The highest BCUT2D eigenvalue weighted by Crippen LogP contribution is 2.29. The number of esters is 1. The third-order valence-electron chi connectivity index (χ3n) is 6.05. The van der Waals surface area contributed by atoms with Crippen molar-refractivity contribution in [3.8, 4) is 0 Å². The van der Waals surface area contributed by atoms with Crippen LogP contribution in [-0.4, -0.2) is 35.4 Å². The highest BCUT2D eigenvalue weighted by molar-refractivity contribution is 6.07. The molecule has 3 rings (SSSR count). The molecule has 1 atom stereocenters. The number of carbonyl (C=O) groups is 4. The van der Waals surface area contributed by atoms with Gasteiger partial charge in [-0.15, -0.1) is 0 Å². The molecule has 0 radical (unpaired) electrons. The summed E-state index contributed by atoms with van der Waals surface area (Å²) in [5, 5.41) is 5.22. The van der Waals surface area contributed by atoms with Crippen molar-refractivity contribution in [3.63, 3.8) is 0 Å². The molecule has 37 heavy (non-hydrogen) atoms. The van der Waals surface area contributed by atoms with Gasteiger partial charge < -0.3 is 20.1 Å². The van der Waals surface area contributed by atoms with E-state index in [4.69, 9.17) is 9.47 Å². The smallest absolute Gasteiger partial charge is 0.408 e. The summed E-state index contributed by atoms with van der Waals surface area (Å²) in [6, 6.07) is 14.7. The summed E-state index contributed by atoms with van der Waals surface area (Å²) in [5.41, 5.74) is 0.770. The number of alkyl carbamates (subject to hydrolysis) is 1. The van der Waals surface area contributed by atoms with Gasteiger partial charge in [0, 0.05) is 11.5 Å². The minimum absolute atomic E-state index is 0.00507. The van der Waals surface area contributed by atoms with Crippen LogP contribution in [0.5, 0.6) is 0 Å². The number of hydrogen-bond acceptors (Lipinski definition) is 6. The van der Waals surface area contributed by atoms with E-state index in [0.29, 0.717) is 11.3 Å². The number of hydrogen-bond donors (Lipinski definition) is 2. The molecule has 2 amide bonds. The van der Waals surface area contributed by atoms with Crippen molar-refractivity contribution >= 4 is 29.4 Å². The molecule has 8 nitrogen and oxygen atoms in total. The molecule has 8 heteroatoms. The summed E-state index contributed by atoms with van der Waals surface area (Å²) in [6.07, 6.45) is 3.57. The van der Waals surface area contributed by atoms with Crippen molar-refractivity contribution < 1.29 is 28.7 Å². The molecule has 0 saturated heterocycles. The number of para-hydroxylation sites is 1. The third-order valence-corrected chi connectivity index (χ3v) is 6.05. The molecule has 0 aliphatic heterocycles.